The molecule has 0 aromatic carbocycles. The Balaban J connectivity index is 2.61. The zero-order chi connectivity index (χ0) is 14.9. The molecule has 0 aliphatic heterocycles. The maximum atomic E-state index is 11.2. The molecule has 0 radical (unpaired) electrons. The molecule has 6 nitrogen and oxygen atoms in total. The molecule has 1 N–H and O–H groups in total. The van der Waals surface area contributed by atoms with Gasteiger partial charge in [0.2, 0.25) is 0 Å². The van der Waals surface area contributed by atoms with Gasteiger partial charge in [0.15, 0.2) is 5.00 Å². The third-order valence-corrected chi connectivity index (χ3v) is 4.34. The van der Waals surface area contributed by atoms with Gasteiger partial charge in [-0.05, 0) is 25.8 Å². The first-order chi connectivity index (χ1) is 9.47. The highest BCUT2D eigenvalue weighted by molar-refractivity contribution is 7.15. The van der Waals surface area contributed by atoms with E-state index >= 15 is 0 Å². The summed E-state index contributed by atoms with van der Waals surface area (Å²) in [5.41, 5.74) is 1.83. The van der Waals surface area contributed by atoms with E-state index in [1.807, 2.05) is 19.9 Å². The lowest BCUT2D eigenvalue weighted by Gasteiger charge is -2.02. The predicted octanol–water partition coefficient (Wildman–Crippen LogP) is 3.02. The molecule has 20 heavy (non-hydrogen) atoms. The van der Waals surface area contributed by atoms with Crippen LogP contribution in [0.4, 0.5) is 5.69 Å². The Morgan fingerprint density at radius 1 is 1.45 bits per heavy atom. The van der Waals surface area contributed by atoms with Crippen LogP contribution in [-0.2, 0) is 12.8 Å². The SMILES string of the molecule is CCc1cc(CC)n(-c2sc([C@H](C)O)cc2[N+](=O)[O-])n1. The van der Waals surface area contributed by atoms with Crippen molar-refractivity contribution < 1.29 is 10.0 Å². The molecule has 0 amide bonds. The van der Waals surface area contributed by atoms with Gasteiger partial charge < -0.3 is 5.11 Å². The fraction of sp³-hybridized carbons (Fsp3) is 0.462. The van der Waals surface area contributed by atoms with Gasteiger partial charge in [-0.25, -0.2) is 4.68 Å². The number of rotatable bonds is 5. The largest absolute Gasteiger partial charge is 0.388 e. The Hall–Kier alpha value is -1.73. The molecule has 2 heterocycles. The number of nitrogens with zero attached hydrogens (tertiary/aromatic N) is 3. The number of hydrogen-bond acceptors (Lipinski definition) is 5. The van der Waals surface area contributed by atoms with E-state index in [0.29, 0.717) is 9.88 Å². The number of aryl methyl sites for hydroxylation is 2. The van der Waals surface area contributed by atoms with Crippen LogP contribution in [-0.4, -0.2) is 19.8 Å². The number of aliphatic hydroxyl groups excluding tert-OH is 1. The van der Waals surface area contributed by atoms with Gasteiger partial charge in [-0.1, -0.05) is 13.8 Å². The summed E-state index contributed by atoms with van der Waals surface area (Å²) in [6.45, 7) is 5.58. The molecule has 2 rings (SSSR count). The molecule has 0 bridgehead atoms. The molecular weight excluding hydrogens is 278 g/mol. The van der Waals surface area contributed by atoms with E-state index in [9.17, 15) is 15.2 Å². The number of aliphatic hydroxyl groups is 1. The average molecular weight is 295 g/mol. The standard InChI is InChI=1S/C13H17N3O3S/c1-4-9-6-10(5-2)15(14-9)13-11(16(18)19)7-12(20-13)8(3)17/h6-8,17H,4-5H2,1-3H3/t8-/m0/s1. The van der Waals surface area contributed by atoms with Gasteiger partial charge in [0.1, 0.15) is 0 Å². The summed E-state index contributed by atoms with van der Waals surface area (Å²) in [7, 11) is 0. The molecule has 1 atom stereocenters. The van der Waals surface area contributed by atoms with Gasteiger partial charge >= 0.3 is 5.69 Å². The van der Waals surface area contributed by atoms with Crippen LogP contribution in [0.25, 0.3) is 5.00 Å². The van der Waals surface area contributed by atoms with Crippen molar-refractivity contribution >= 4 is 17.0 Å². The first-order valence-corrected chi connectivity index (χ1v) is 7.33. The van der Waals surface area contributed by atoms with Gasteiger partial charge in [0, 0.05) is 16.6 Å². The zero-order valence-electron chi connectivity index (χ0n) is 11.7. The second-order valence-corrected chi connectivity index (χ2v) is 5.58. The van der Waals surface area contributed by atoms with Crippen LogP contribution in [0.2, 0.25) is 0 Å². The lowest BCUT2D eigenvalue weighted by molar-refractivity contribution is -0.384. The van der Waals surface area contributed by atoms with E-state index in [2.05, 4.69) is 5.10 Å². The van der Waals surface area contributed by atoms with Crippen molar-refractivity contribution in [1.29, 1.82) is 0 Å². The Bertz CT molecular complexity index is 631. The van der Waals surface area contributed by atoms with Crippen molar-refractivity contribution in [2.24, 2.45) is 0 Å². The molecule has 108 valence electrons. The quantitative estimate of drug-likeness (QED) is 0.679. The van der Waals surface area contributed by atoms with Crippen LogP contribution in [0.5, 0.6) is 0 Å². The molecule has 7 heteroatoms. The zero-order valence-corrected chi connectivity index (χ0v) is 12.5. The molecule has 0 spiro atoms. The summed E-state index contributed by atoms with van der Waals surface area (Å²) in [6.07, 6.45) is 0.799. The maximum absolute atomic E-state index is 11.2. The van der Waals surface area contributed by atoms with Crippen LogP contribution in [0.1, 0.15) is 43.1 Å². The van der Waals surface area contributed by atoms with Crippen molar-refractivity contribution in [3.05, 3.63) is 38.5 Å². The lowest BCUT2D eigenvalue weighted by Crippen LogP contribution is -2.02. The van der Waals surface area contributed by atoms with Crippen LogP contribution in [0.3, 0.4) is 0 Å². The Morgan fingerprint density at radius 2 is 2.15 bits per heavy atom. The number of hydrogen-bond donors (Lipinski definition) is 1. The van der Waals surface area contributed by atoms with Crippen molar-refractivity contribution in [3.8, 4) is 5.00 Å². The Labute approximate surface area is 120 Å². The molecular formula is C13H17N3O3S. The highest BCUT2D eigenvalue weighted by Gasteiger charge is 2.24. The van der Waals surface area contributed by atoms with Gasteiger partial charge in [0.25, 0.3) is 0 Å². The van der Waals surface area contributed by atoms with Crippen LogP contribution in [0, 0.1) is 10.1 Å². The highest BCUT2D eigenvalue weighted by Crippen LogP contribution is 2.36. The van der Waals surface area contributed by atoms with Crippen LogP contribution in [0.15, 0.2) is 12.1 Å². The van der Waals surface area contributed by atoms with Gasteiger partial charge in [-0.2, -0.15) is 5.10 Å². The monoisotopic (exact) mass is 295 g/mol. The van der Waals surface area contributed by atoms with Crippen molar-refractivity contribution in [2.45, 2.75) is 39.7 Å². The summed E-state index contributed by atoms with van der Waals surface area (Å²) < 4.78 is 1.63. The average Bonchev–Trinajstić information content (AvgIpc) is 3.01. The van der Waals surface area contributed by atoms with Gasteiger partial charge in [-0.15, -0.1) is 11.3 Å². The molecule has 2 aromatic rings. The van der Waals surface area contributed by atoms with E-state index in [1.165, 1.54) is 17.4 Å². The maximum Gasteiger partial charge on any atom is 0.306 e. The minimum absolute atomic E-state index is 0.00801. The number of aromatic nitrogens is 2. The van der Waals surface area contributed by atoms with E-state index in [4.69, 9.17) is 0 Å². The van der Waals surface area contributed by atoms with Gasteiger partial charge in [-0.3, -0.25) is 10.1 Å². The molecule has 0 fully saturated rings. The van der Waals surface area contributed by atoms with E-state index in [0.717, 1.165) is 24.2 Å². The van der Waals surface area contributed by atoms with Crippen LogP contribution < -0.4 is 0 Å². The fourth-order valence-corrected chi connectivity index (χ4v) is 3.00. The lowest BCUT2D eigenvalue weighted by atomic mass is 10.2. The molecule has 0 saturated heterocycles. The number of thiophene rings is 1. The fourth-order valence-electron chi connectivity index (χ4n) is 1.95. The van der Waals surface area contributed by atoms with Gasteiger partial charge in [0.05, 0.1) is 16.7 Å². The summed E-state index contributed by atoms with van der Waals surface area (Å²) in [5.74, 6) is 0. The molecule has 0 aliphatic carbocycles. The van der Waals surface area contributed by atoms with E-state index < -0.39 is 11.0 Å². The third kappa shape index (κ3) is 2.59. The second-order valence-electron chi connectivity index (χ2n) is 4.52. The highest BCUT2D eigenvalue weighted by atomic mass is 32.1. The second kappa shape index (κ2) is 5.72. The molecule has 0 aliphatic rings. The van der Waals surface area contributed by atoms with E-state index in [-0.39, 0.29) is 5.69 Å². The smallest absolute Gasteiger partial charge is 0.306 e. The number of nitro groups is 1. The normalized spacial score (nSPS) is 12.6. The molecule has 0 unspecified atom stereocenters. The van der Waals surface area contributed by atoms with Crippen molar-refractivity contribution in [2.75, 3.05) is 0 Å². The minimum atomic E-state index is -0.723. The predicted molar refractivity (Wildman–Crippen MR) is 77.5 cm³/mol. The summed E-state index contributed by atoms with van der Waals surface area (Å²) in [4.78, 5) is 11.3. The third-order valence-electron chi connectivity index (χ3n) is 3.07. The molecule has 0 saturated carbocycles. The molecule has 2 aromatic heterocycles. The first-order valence-electron chi connectivity index (χ1n) is 6.52. The van der Waals surface area contributed by atoms with Crippen molar-refractivity contribution in [3.63, 3.8) is 0 Å². The van der Waals surface area contributed by atoms with E-state index in [1.54, 1.807) is 11.6 Å². The Kier molecular flexibility index (Phi) is 4.20. The minimum Gasteiger partial charge on any atom is -0.388 e. The summed E-state index contributed by atoms with van der Waals surface area (Å²) in [5, 5.41) is 25.7. The topological polar surface area (TPSA) is 81.2 Å². The Morgan fingerprint density at radius 3 is 2.65 bits per heavy atom. The summed E-state index contributed by atoms with van der Waals surface area (Å²) >= 11 is 1.21. The van der Waals surface area contributed by atoms with Crippen molar-refractivity contribution in [1.82, 2.24) is 9.78 Å². The van der Waals surface area contributed by atoms with Crippen LogP contribution >= 0.6 is 11.3 Å². The first kappa shape index (κ1) is 14.7. The summed E-state index contributed by atoms with van der Waals surface area (Å²) in [6, 6.07) is 3.39.